The molecule has 0 bridgehead atoms. The number of nitrogen functional groups attached to an aromatic ring is 1. The van der Waals surface area contributed by atoms with E-state index >= 15 is 0 Å². The van der Waals surface area contributed by atoms with Crippen LogP contribution >= 0.6 is 38.3 Å². The number of aromatic amines is 1. The van der Waals surface area contributed by atoms with E-state index in [9.17, 15) is 43.5 Å². The van der Waals surface area contributed by atoms with Gasteiger partial charge < -0.3 is 76.9 Å². The van der Waals surface area contributed by atoms with Gasteiger partial charge in [0.15, 0.2) is 12.6 Å². The molecule has 6 rings (SSSR count). The Morgan fingerprint density at radius 1 is 0.706 bits per heavy atom. The van der Waals surface area contributed by atoms with Gasteiger partial charge in [-0.05, 0) is 24.8 Å². The summed E-state index contributed by atoms with van der Waals surface area (Å²) < 4.78 is 94.4. The molecule has 4 saturated heterocycles. The molecule has 21 atom stereocenters. The van der Waals surface area contributed by atoms with Gasteiger partial charge in [0, 0.05) is 41.7 Å². The number of nitrogens with zero attached hydrogens (tertiary/aromatic N) is 3. The van der Waals surface area contributed by atoms with Crippen molar-refractivity contribution in [2.45, 2.75) is 102 Å². The lowest BCUT2D eigenvalue weighted by Crippen LogP contribution is -2.42. The molecule has 68 heavy (non-hydrogen) atoms. The molecule has 34 heteroatoms. The largest absolute Gasteiger partial charge is 0.487 e. The molecule has 4 aliphatic heterocycles. The van der Waals surface area contributed by atoms with Crippen LogP contribution in [-0.4, -0.2) is 174 Å². The van der Waals surface area contributed by atoms with Crippen LogP contribution in [0, 0.1) is 29.6 Å². The van der Waals surface area contributed by atoms with E-state index in [2.05, 4.69) is 33.2 Å². The minimum atomic E-state index is -5.68. The fourth-order valence-electron chi connectivity index (χ4n) is 8.05. The lowest BCUT2D eigenvalue weighted by atomic mass is 9.86. The average molecular weight is 1060 g/mol. The number of H-pyrrole nitrogens is 1. The Morgan fingerprint density at radius 2 is 1.18 bits per heavy atom. The van der Waals surface area contributed by atoms with Crippen LogP contribution < -0.4 is 15.9 Å². The first-order chi connectivity index (χ1) is 31.3. The van der Waals surface area contributed by atoms with Crippen LogP contribution in [0.25, 0.3) is 11.2 Å². The number of aliphatic hydroxyl groups excluding tert-OH is 1. The Morgan fingerprint density at radius 3 is 1.69 bits per heavy atom. The molecule has 6 radical (unpaired) electrons. The first-order valence-electron chi connectivity index (χ1n) is 21.0. The average Bonchev–Trinajstić information content (AvgIpc) is 3.93. The highest BCUT2D eigenvalue weighted by atomic mass is 31.3. The van der Waals surface area contributed by atoms with Gasteiger partial charge >= 0.3 is 21.3 Å². The monoisotopic (exact) mass is 1060 g/mol. The molecule has 4 aliphatic rings. The number of nitrogens with one attached hydrogen (secondary N) is 1. The van der Waals surface area contributed by atoms with E-state index in [4.69, 9.17) is 79.7 Å². The number of nitrogens with two attached hydrogens (primary N) is 1. The van der Waals surface area contributed by atoms with Crippen molar-refractivity contribution in [1.82, 2.24) is 14.5 Å². The summed E-state index contributed by atoms with van der Waals surface area (Å²) in [5, 5.41) is 10.4. The zero-order chi connectivity index (χ0) is 50.6. The van der Waals surface area contributed by atoms with Crippen LogP contribution in [0.5, 0.6) is 0 Å². The third-order valence-corrected chi connectivity index (χ3v) is 19.0. The summed E-state index contributed by atoms with van der Waals surface area (Å²) in [6, 6.07) is -2.67. The minimum absolute atomic E-state index is 0.124. The van der Waals surface area contributed by atoms with Gasteiger partial charge in [0.1, 0.15) is 41.9 Å². The van der Waals surface area contributed by atoms with Gasteiger partial charge in [-0.15, -0.1) is 0 Å². The summed E-state index contributed by atoms with van der Waals surface area (Å²) in [4.78, 5) is 73.1. The first kappa shape index (κ1) is 56.3. The molecule has 9 N–H and O–H groups in total. The van der Waals surface area contributed by atoms with Crippen LogP contribution in [0.1, 0.15) is 40.8 Å². The predicted molar refractivity (Wildman–Crippen MR) is 249 cm³/mol. The Hall–Kier alpha value is -1.02. The van der Waals surface area contributed by atoms with Gasteiger partial charge in [0.25, 0.3) is 19.1 Å². The molecule has 2 aromatic heterocycles. The second kappa shape index (κ2) is 21.4. The smallest absolute Gasteiger partial charge is 0.390 e. The van der Waals surface area contributed by atoms with Gasteiger partial charge in [-0.25, -0.2) is 18.0 Å². The third-order valence-electron chi connectivity index (χ3n) is 12.2. The molecule has 6 heterocycles. The fraction of sp³-hybridized carbons (Fsp3) is 0.765. The maximum atomic E-state index is 12.9. The number of hydrogen-bond donors (Lipinski definition) is 8. The molecule has 21 unspecified atom stereocenters. The molecule has 378 valence electrons. The summed E-state index contributed by atoms with van der Waals surface area (Å²) in [7, 11) is -3.97. The van der Waals surface area contributed by atoms with Crippen LogP contribution in [0.2, 0.25) is 0 Å². The number of aromatic nitrogens is 4. The molecule has 0 saturated carbocycles. The second-order valence-electron chi connectivity index (χ2n) is 17.4. The number of aryl methyl sites for hydroxylation is 1. The fourth-order valence-corrected chi connectivity index (χ4v) is 14.2. The summed E-state index contributed by atoms with van der Waals surface area (Å²) >= 11 is 0. The Bertz CT molecular complexity index is 2440. The highest BCUT2D eigenvalue weighted by Gasteiger charge is 2.49. The number of ether oxygens (including phenoxy) is 4. The van der Waals surface area contributed by atoms with Gasteiger partial charge in [-0.1, -0.05) is 39.6 Å². The molecule has 4 fully saturated rings. The highest BCUT2D eigenvalue weighted by molar-refractivity contribution is 7.70. The molecule has 0 spiro atoms. The van der Waals surface area contributed by atoms with Crippen molar-refractivity contribution >= 4 is 97.9 Å². The standard InChI is InChI=1S/C34H57B3N5O21P5/c1-15-16(2)33(42-14-41(6)24-31(42)39-34(38)40-32(24)44)59-20(15)10-55-67(48,49)63-68(50,51)62-66(9,47)54-13-23-27(19(5)30(37)58-23)61-65(8,46)53-12-22-26(18(4)29(36)57-22)60-64(7,45)52-11-21-25(43)17(3)28(35)56-21/h14-23,25-30,33,43H,7-13H2,1-6H3,(H7-,38,39,40,44,45,46,47,48,49,50,51)/p+1. The van der Waals surface area contributed by atoms with E-state index in [0.29, 0.717) is 0 Å². The molecule has 0 aromatic carbocycles. The number of hydrogen-bond acceptors (Lipinski definition) is 21. The van der Waals surface area contributed by atoms with Gasteiger partial charge in [0.2, 0.25) is 20.7 Å². The van der Waals surface area contributed by atoms with Crippen molar-refractivity contribution in [2.75, 3.05) is 32.2 Å². The van der Waals surface area contributed by atoms with Gasteiger partial charge in [0.05, 0.1) is 57.9 Å². The van der Waals surface area contributed by atoms with Crippen molar-refractivity contribution in [2.24, 2.45) is 36.6 Å². The second-order valence-corrected chi connectivity index (χ2v) is 25.8. The molecular weight excluding hydrogens is 1000 g/mol. The quantitative estimate of drug-likeness (QED) is 0.0459. The van der Waals surface area contributed by atoms with E-state index in [1.54, 1.807) is 45.6 Å². The van der Waals surface area contributed by atoms with E-state index in [0.717, 1.165) is 0 Å². The molecule has 0 aliphatic carbocycles. The van der Waals surface area contributed by atoms with Crippen molar-refractivity contribution in [3.05, 3.63) is 16.7 Å². The number of anilines is 1. The lowest BCUT2D eigenvalue weighted by molar-refractivity contribution is -0.745. The van der Waals surface area contributed by atoms with Crippen molar-refractivity contribution in [1.29, 1.82) is 0 Å². The van der Waals surface area contributed by atoms with Crippen molar-refractivity contribution in [3.63, 3.8) is 0 Å². The number of rotatable bonds is 21. The number of phosphoric acid groups is 2. The minimum Gasteiger partial charge on any atom is -0.390 e. The van der Waals surface area contributed by atoms with Crippen molar-refractivity contribution in [3.8, 4) is 0 Å². The molecular formula is C34H58B3N5O21P5+. The number of aliphatic hydroxyl groups is 1. The molecule has 26 nitrogen and oxygen atoms in total. The highest BCUT2D eigenvalue weighted by Crippen LogP contribution is 2.68. The zero-order valence-corrected chi connectivity index (χ0v) is 42.4. The first-order valence-corrected chi connectivity index (χ1v) is 29.3. The van der Waals surface area contributed by atoms with Crippen LogP contribution in [0.3, 0.4) is 0 Å². The topological polar surface area (TPSA) is 347 Å². The van der Waals surface area contributed by atoms with Crippen LogP contribution in [0.15, 0.2) is 11.1 Å². The number of imidazole rings is 1. The molecule has 0 amide bonds. The SMILES string of the molecule is [B]C1OC(COP(=C)(O)OC2C(COP(=C)(O)OC3C(COP(=C)(O)OP(=O)(O)OP(=O)(O)OCC4OC([n+]5cn(C)c6c(=O)[nH]c(N)nc65)C(C)C4C)OC([B])C3C)OC([B])C2C)C(O)C1C. The van der Waals surface area contributed by atoms with E-state index < -0.39 is 143 Å². The zero-order valence-electron chi connectivity index (χ0n) is 38.0. The molecule has 2 aromatic rings. The van der Waals surface area contributed by atoms with Crippen molar-refractivity contribution < 1.29 is 98.0 Å². The van der Waals surface area contributed by atoms with Gasteiger partial charge in [-0.2, -0.15) is 4.31 Å². The Kier molecular flexibility index (Phi) is 17.8. The normalized spacial score (nSPS) is 38.8. The Balaban J connectivity index is 0.995. The number of fused-ring (bicyclic) bond motifs is 1. The van der Waals surface area contributed by atoms with Crippen LogP contribution in [-0.2, 0) is 70.9 Å². The Labute approximate surface area is 396 Å². The maximum Gasteiger partial charge on any atom is 0.487 e. The predicted octanol–water partition coefficient (Wildman–Crippen LogP) is -0.118. The summed E-state index contributed by atoms with van der Waals surface area (Å²) in [5.74, 6) is -2.37. The van der Waals surface area contributed by atoms with E-state index in [1.807, 2.05) is 6.92 Å². The third kappa shape index (κ3) is 13.4. The lowest BCUT2D eigenvalue weighted by Gasteiger charge is -2.31. The van der Waals surface area contributed by atoms with E-state index in [1.165, 1.54) is 4.57 Å². The summed E-state index contributed by atoms with van der Waals surface area (Å²) in [6.45, 7) is 6.54. The summed E-state index contributed by atoms with van der Waals surface area (Å²) in [6.07, 6.45) is 4.38. The number of phosphoric ester groups is 1. The van der Waals surface area contributed by atoms with Gasteiger partial charge in [-0.3, -0.25) is 18.9 Å². The summed E-state index contributed by atoms with van der Waals surface area (Å²) in [5.41, 5.74) is 5.73. The maximum absolute atomic E-state index is 12.9. The van der Waals surface area contributed by atoms with Crippen LogP contribution in [0.4, 0.5) is 5.95 Å². The van der Waals surface area contributed by atoms with E-state index in [-0.39, 0.29) is 41.5 Å².